The molecule has 0 radical (unpaired) electrons. The highest BCUT2D eigenvalue weighted by Gasteiger charge is 2.35. The van der Waals surface area contributed by atoms with Crippen molar-refractivity contribution in [3.63, 3.8) is 0 Å². The highest BCUT2D eigenvalue weighted by atomic mass is 32.2. The van der Waals surface area contributed by atoms with Crippen molar-refractivity contribution in [1.82, 2.24) is 4.31 Å². The summed E-state index contributed by atoms with van der Waals surface area (Å²) >= 11 is 0. The zero-order chi connectivity index (χ0) is 11.6. The molecule has 0 aromatic rings. The lowest BCUT2D eigenvalue weighted by molar-refractivity contribution is -0.134. The molecule has 0 bridgehead atoms. The minimum absolute atomic E-state index is 0.0851. The number of hydrogen-bond donors (Lipinski definition) is 1. The molecule has 6 heteroatoms. The van der Waals surface area contributed by atoms with Crippen molar-refractivity contribution in [2.24, 2.45) is 0 Å². The normalized spacial score (nSPS) is 28.9. The van der Waals surface area contributed by atoms with Crippen LogP contribution in [-0.2, 0) is 14.8 Å². The van der Waals surface area contributed by atoms with Gasteiger partial charge in [-0.2, -0.15) is 4.31 Å². The van der Waals surface area contributed by atoms with E-state index in [1.807, 2.05) is 13.8 Å². The Kier molecular flexibility index (Phi) is 3.72. The number of piperidine rings is 1. The largest absolute Gasteiger partial charge is 0.480 e. The van der Waals surface area contributed by atoms with Crippen LogP contribution in [0.25, 0.3) is 0 Å². The molecular formula is C9H17NO4S. The second-order valence-electron chi connectivity index (χ2n) is 4.11. The van der Waals surface area contributed by atoms with E-state index in [9.17, 15) is 13.2 Å². The third-order valence-corrected chi connectivity index (χ3v) is 4.71. The van der Waals surface area contributed by atoms with Crippen LogP contribution in [0.5, 0.6) is 0 Å². The van der Waals surface area contributed by atoms with E-state index in [1.54, 1.807) is 0 Å². The molecule has 0 aromatic heterocycles. The van der Waals surface area contributed by atoms with Gasteiger partial charge in [-0.3, -0.25) is 4.79 Å². The zero-order valence-corrected chi connectivity index (χ0v) is 9.83. The summed E-state index contributed by atoms with van der Waals surface area (Å²) in [6.45, 7) is 3.66. The Balaban J connectivity index is 2.88. The molecule has 0 saturated carbocycles. The van der Waals surface area contributed by atoms with E-state index in [0.717, 1.165) is 19.3 Å². The maximum Gasteiger partial charge on any atom is 0.320 e. The second kappa shape index (κ2) is 4.49. The number of nitrogens with zero attached hydrogens (tertiary/aromatic N) is 1. The van der Waals surface area contributed by atoms with Gasteiger partial charge in [-0.25, -0.2) is 8.42 Å². The lowest BCUT2D eigenvalue weighted by Crippen LogP contribution is -2.49. The first-order chi connectivity index (χ1) is 6.84. The van der Waals surface area contributed by atoms with Gasteiger partial charge in [-0.15, -0.1) is 0 Å². The van der Waals surface area contributed by atoms with Crippen LogP contribution >= 0.6 is 0 Å². The number of rotatable bonds is 3. The maximum absolute atomic E-state index is 11.8. The smallest absolute Gasteiger partial charge is 0.320 e. The highest BCUT2D eigenvalue weighted by Crippen LogP contribution is 2.25. The summed E-state index contributed by atoms with van der Waals surface area (Å²) in [7, 11) is -3.65. The summed E-state index contributed by atoms with van der Waals surface area (Å²) in [6.07, 6.45) is 2.62. The number of carbonyl (C=O) groups is 1. The quantitative estimate of drug-likeness (QED) is 0.780. The molecule has 15 heavy (non-hydrogen) atoms. The number of carboxylic acids is 1. The number of sulfonamides is 1. The van der Waals surface area contributed by atoms with Crippen LogP contribution in [0.1, 0.15) is 33.1 Å². The molecule has 5 nitrogen and oxygen atoms in total. The molecule has 0 amide bonds. The standard InChI is InChI=1S/C9H17NO4S/c1-7-4-3-5-8(2)10(7)15(13,14)6-9(11)12/h7-8H,3-6H2,1-2H3,(H,11,12). The van der Waals surface area contributed by atoms with Crippen LogP contribution < -0.4 is 0 Å². The molecule has 0 aliphatic carbocycles. The number of carboxylic acid groups (broad SMARTS) is 1. The Morgan fingerprint density at radius 1 is 1.33 bits per heavy atom. The van der Waals surface area contributed by atoms with Gasteiger partial charge < -0.3 is 5.11 Å². The van der Waals surface area contributed by atoms with Gasteiger partial charge in [0.15, 0.2) is 5.75 Å². The summed E-state index contributed by atoms with van der Waals surface area (Å²) in [5.41, 5.74) is 0. The molecule has 1 N–H and O–H groups in total. The monoisotopic (exact) mass is 235 g/mol. The molecule has 1 fully saturated rings. The lowest BCUT2D eigenvalue weighted by Gasteiger charge is -2.37. The summed E-state index contributed by atoms with van der Waals surface area (Å²) < 4.78 is 24.9. The maximum atomic E-state index is 11.8. The van der Waals surface area contributed by atoms with E-state index < -0.39 is 21.7 Å². The summed E-state index contributed by atoms with van der Waals surface area (Å²) in [4.78, 5) is 10.5. The van der Waals surface area contributed by atoms with Crippen LogP contribution in [0.15, 0.2) is 0 Å². The van der Waals surface area contributed by atoms with Gasteiger partial charge in [-0.1, -0.05) is 6.42 Å². The third-order valence-electron chi connectivity index (χ3n) is 2.74. The first-order valence-electron chi connectivity index (χ1n) is 5.07. The van der Waals surface area contributed by atoms with Gasteiger partial charge in [0.05, 0.1) is 0 Å². The van der Waals surface area contributed by atoms with Crippen LogP contribution in [0.2, 0.25) is 0 Å². The van der Waals surface area contributed by atoms with Crippen LogP contribution in [0.3, 0.4) is 0 Å². The van der Waals surface area contributed by atoms with Crippen LogP contribution in [0.4, 0.5) is 0 Å². The molecule has 1 saturated heterocycles. The minimum atomic E-state index is -3.65. The topological polar surface area (TPSA) is 74.7 Å². The van der Waals surface area contributed by atoms with Crippen molar-refractivity contribution in [1.29, 1.82) is 0 Å². The van der Waals surface area contributed by atoms with Gasteiger partial charge in [0, 0.05) is 12.1 Å². The number of aliphatic carboxylic acids is 1. The van der Waals surface area contributed by atoms with E-state index in [0.29, 0.717) is 0 Å². The Labute approximate surface area is 90.1 Å². The molecular weight excluding hydrogens is 218 g/mol. The molecule has 88 valence electrons. The summed E-state index contributed by atoms with van der Waals surface area (Å²) in [6, 6.07) is -0.170. The van der Waals surface area contributed by atoms with Gasteiger partial charge in [-0.05, 0) is 26.7 Å². The van der Waals surface area contributed by atoms with Crippen molar-refractivity contribution in [2.45, 2.75) is 45.2 Å². The first kappa shape index (κ1) is 12.4. The van der Waals surface area contributed by atoms with Crippen molar-refractivity contribution < 1.29 is 18.3 Å². The Bertz CT molecular complexity index is 328. The van der Waals surface area contributed by atoms with E-state index in [2.05, 4.69) is 0 Å². The van der Waals surface area contributed by atoms with Crippen LogP contribution in [-0.4, -0.2) is 41.6 Å². The average molecular weight is 235 g/mol. The van der Waals surface area contributed by atoms with E-state index in [4.69, 9.17) is 5.11 Å². The van der Waals surface area contributed by atoms with E-state index in [1.165, 1.54) is 4.31 Å². The summed E-state index contributed by atoms with van der Waals surface area (Å²) in [5.74, 6) is -2.10. The first-order valence-corrected chi connectivity index (χ1v) is 6.68. The van der Waals surface area contributed by atoms with E-state index in [-0.39, 0.29) is 12.1 Å². The SMILES string of the molecule is CC1CCCC(C)N1S(=O)(=O)CC(=O)O. The third kappa shape index (κ3) is 2.92. The van der Waals surface area contributed by atoms with Gasteiger partial charge >= 0.3 is 5.97 Å². The van der Waals surface area contributed by atoms with Crippen molar-refractivity contribution in [3.8, 4) is 0 Å². The fraction of sp³-hybridized carbons (Fsp3) is 0.889. The molecule has 2 unspecified atom stereocenters. The molecule has 1 aliphatic heterocycles. The van der Waals surface area contributed by atoms with Crippen molar-refractivity contribution in [2.75, 3.05) is 5.75 Å². The highest BCUT2D eigenvalue weighted by molar-refractivity contribution is 7.89. The average Bonchev–Trinajstić information content (AvgIpc) is 1.99. The molecule has 2 atom stereocenters. The number of hydrogen-bond acceptors (Lipinski definition) is 3. The fourth-order valence-corrected chi connectivity index (χ4v) is 3.95. The predicted octanol–water partition coefficient (Wildman–Crippen LogP) is 0.664. The molecule has 0 aromatic carbocycles. The summed E-state index contributed by atoms with van der Waals surface area (Å²) in [5, 5.41) is 8.55. The van der Waals surface area contributed by atoms with Gasteiger partial charge in [0.25, 0.3) is 0 Å². The van der Waals surface area contributed by atoms with E-state index >= 15 is 0 Å². The Morgan fingerprint density at radius 2 is 1.80 bits per heavy atom. The lowest BCUT2D eigenvalue weighted by atomic mass is 10.0. The van der Waals surface area contributed by atoms with Gasteiger partial charge in [0.1, 0.15) is 0 Å². The van der Waals surface area contributed by atoms with Crippen LogP contribution in [0, 0.1) is 0 Å². The fourth-order valence-electron chi connectivity index (χ4n) is 2.18. The van der Waals surface area contributed by atoms with Gasteiger partial charge in [0.2, 0.25) is 10.0 Å². The van der Waals surface area contributed by atoms with Crippen molar-refractivity contribution in [3.05, 3.63) is 0 Å². The predicted molar refractivity (Wildman–Crippen MR) is 56.0 cm³/mol. The second-order valence-corrected chi connectivity index (χ2v) is 5.98. The zero-order valence-electron chi connectivity index (χ0n) is 9.01. The van der Waals surface area contributed by atoms with Crippen molar-refractivity contribution >= 4 is 16.0 Å². The molecule has 1 heterocycles. The Morgan fingerprint density at radius 3 is 2.20 bits per heavy atom. The Hall–Kier alpha value is -0.620. The molecule has 0 spiro atoms. The molecule has 1 rings (SSSR count). The molecule has 1 aliphatic rings. The minimum Gasteiger partial charge on any atom is -0.480 e.